The number of hydrogen-bond donors (Lipinski definition) is 2. The van der Waals surface area contributed by atoms with Crippen LogP contribution in [0, 0.1) is 16.0 Å². The van der Waals surface area contributed by atoms with Gasteiger partial charge >= 0.3 is 0 Å². The molecule has 1 atom stereocenters. The Bertz CT molecular complexity index is 539. The lowest BCUT2D eigenvalue weighted by Gasteiger charge is -2.28. The largest absolute Gasteiger partial charge is 0.398 e. The van der Waals surface area contributed by atoms with Crippen molar-refractivity contribution >= 4 is 17.3 Å². The van der Waals surface area contributed by atoms with Gasteiger partial charge in [-0.15, -0.1) is 0 Å². The van der Waals surface area contributed by atoms with Crippen LogP contribution in [0.15, 0.2) is 18.2 Å². The van der Waals surface area contributed by atoms with Crippen molar-refractivity contribution in [1.82, 2.24) is 5.32 Å². The van der Waals surface area contributed by atoms with Crippen LogP contribution in [0.3, 0.4) is 0 Å². The smallest absolute Gasteiger partial charge is 0.270 e. The molecule has 1 aromatic rings. The van der Waals surface area contributed by atoms with E-state index >= 15 is 0 Å². The van der Waals surface area contributed by atoms with Crippen LogP contribution in [0.5, 0.6) is 0 Å². The van der Waals surface area contributed by atoms with Crippen LogP contribution in [0.25, 0.3) is 0 Å². The normalized spacial score (nSPS) is 17.2. The van der Waals surface area contributed by atoms with Crippen molar-refractivity contribution in [3.8, 4) is 0 Å². The fourth-order valence-electron chi connectivity index (χ4n) is 2.89. The van der Waals surface area contributed by atoms with Gasteiger partial charge in [-0.2, -0.15) is 0 Å². The van der Waals surface area contributed by atoms with E-state index in [0.29, 0.717) is 5.92 Å². The van der Waals surface area contributed by atoms with Gasteiger partial charge in [0.15, 0.2) is 0 Å². The van der Waals surface area contributed by atoms with Gasteiger partial charge in [0.1, 0.15) is 0 Å². The van der Waals surface area contributed by atoms with Gasteiger partial charge in [-0.1, -0.05) is 19.3 Å². The molecule has 0 heterocycles. The van der Waals surface area contributed by atoms with Crippen molar-refractivity contribution in [2.75, 3.05) is 5.73 Å². The van der Waals surface area contributed by atoms with Crippen LogP contribution < -0.4 is 11.1 Å². The summed E-state index contributed by atoms with van der Waals surface area (Å²) >= 11 is 0. The number of anilines is 1. The van der Waals surface area contributed by atoms with Gasteiger partial charge < -0.3 is 11.1 Å². The molecule has 0 bridgehead atoms. The molecule has 1 aliphatic carbocycles. The summed E-state index contributed by atoms with van der Waals surface area (Å²) in [6.45, 7) is 1.99. The highest BCUT2D eigenvalue weighted by atomic mass is 16.6. The van der Waals surface area contributed by atoms with E-state index in [4.69, 9.17) is 5.73 Å². The number of hydrogen-bond acceptors (Lipinski definition) is 4. The zero-order valence-corrected chi connectivity index (χ0v) is 12.2. The highest BCUT2D eigenvalue weighted by Crippen LogP contribution is 2.27. The number of nitrogens with one attached hydrogen (secondary N) is 1. The molecule has 0 saturated heterocycles. The molecule has 114 valence electrons. The van der Waals surface area contributed by atoms with Crippen LogP contribution in [0.4, 0.5) is 11.4 Å². The van der Waals surface area contributed by atoms with E-state index in [1.807, 2.05) is 6.92 Å². The Labute approximate surface area is 123 Å². The molecule has 21 heavy (non-hydrogen) atoms. The summed E-state index contributed by atoms with van der Waals surface area (Å²) in [7, 11) is 0. The van der Waals surface area contributed by atoms with Crippen molar-refractivity contribution in [2.24, 2.45) is 5.92 Å². The van der Waals surface area contributed by atoms with Crippen LogP contribution >= 0.6 is 0 Å². The van der Waals surface area contributed by atoms with Crippen LogP contribution in [-0.4, -0.2) is 16.9 Å². The number of nitrogens with two attached hydrogens (primary N) is 1. The fourth-order valence-corrected chi connectivity index (χ4v) is 2.89. The molecule has 0 spiro atoms. The maximum Gasteiger partial charge on any atom is 0.270 e. The molecule has 6 heteroatoms. The molecule has 1 unspecified atom stereocenters. The molecule has 1 aromatic carbocycles. The third kappa shape index (κ3) is 3.71. The van der Waals surface area contributed by atoms with Gasteiger partial charge in [0.25, 0.3) is 11.6 Å². The predicted molar refractivity (Wildman–Crippen MR) is 81.0 cm³/mol. The summed E-state index contributed by atoms with van der Waals surface area (Å²) in [5.74, 6) is 0.136. The highest BCUT2D eigenvalue weighted by Gasteiger charge is 2.23. The van der Waals surface area contributed by atoms with Gasteiger partial charge in [0.2, 0.25) is 0 Å². The SMILES string of the molecule is CC(NC(=O)c1cc([N+](=O)[O-])ccc1N)C1CCCCC1. The first-order chi connectivity index (χ1) is 9.99. The second-order valence-corrected chi connectivity index (χ2v) is 5.69. The molecule has 1 saturated carbocycles. The van der Waals surface area contributed by atoms with E-state index < -0.39 is 4.92 Å². The average molecular weight is 291 g/mol. The molecule has 1 amide bonds. The summed E-state index contributed by atoms with van der Waals surface area (Å²) < 4.78 is 0. The molecule has 0 radical (unpaired) electrons. The molecule has 2 rings (SSSR count). The second kappa shape index (κ2) is 6.56. The molecule has 1 fully saturated rings. The minimum atomic E-state index is -0.527. The number of amides is 1. The Hall–Kier alpha value is -2.11. The van der Waals surface area contributed by atoms with Crippen molar-refractivity contribution in [3.63, 3.8) is 0 Å². The fraction of sp³-hybridized carbons (Fsp3) is 0.533. The number of non-ortho nitro benzene ring substituents is 1. The maximum absolute atomic E-state index is 12.3. The van der Waals surface area contributed by atoms with E-state index in [9.17, 15) is 14.9 Å². The quantitative estimate of drug-likeness (QED) is 0.506. The number of benzene rings is 1. The van der Waals surface area contributed by atoms with Gasteiger partial charge in [-0.3, -0.25) is 14.9 Å². The number of rotatable bonds is 4. The number of nitrogen functional groups attached to an aromatic ring is 1. The average Bonchev–Trinajstić information content (AvgIpc) is 2.48. The van der Waals surface area contributed by atoms with Gasteiger partial charge in [0.05, 0.1) is 10.5 Å². The Balaban J connectivity index is 2.08. The first kappa shape index (κ1) is 15.3. The van der Waals surface area contributed by atoms with Crippen molar-refractivity contribution < 1.29 is 9.72 Å². The standard InChI is InChI=1S/C15H21N3O3/c1-10(11-5-3-2-4-6-11)17-15(19)13-9-12(18(20)21)7-8-14(13)16/h7-11H,2-6,16H2,1H3,(H,17,19). The molecule has 3 N–H and O–H groups in total. The summed E-state index contributed by atoms with van der Waals surface area (Å²) in [5, 5.41) is 13.7. The number of carbonyl (C=O) groups is 1. The zero-order chi connectivity index (χ0) is 15.4. The number of nitro groups is 1. The van der Waals surface area contributed by atoms with E-state index in [2.05, 4.69) is 5.32 Å². The third-order valence-electron chi connectivity index (χ3n) is 4.21. The van der Waals surface area contributed by atoms with E-state index in [-0.39, 0.29) is 28.9 Å². The Kier molecular flexibility index (Phi) is 4.77. The number of carbonyl (C=O) groups excluding carboxylic acids is 1. The maximum atomic E-state index is 12.3. The minimum Gasteiger partial charge on any atom is -0.398 e. The van der Waals surface area contributed by atoms with Crippen molar-refractivity contribution in [1.29, 1.82) is 0 Å². The Morgan fingerprint density at radius 1 is 1.38 bits per heavy atom. The lowest BCUT2D eigenvalue weighted by Crippen LogP contribution is -2.39. The van der Waals surface area contributed by atoms with Crippen molar-refractivity contribution in [3.05, 3.63) is 33.9 Å². The van der Waals surface area contributed by atoms with Gasteiger partial charge in [-0.05, 0) is 31.7 Å². The number of nitro benzene ring substituents is 1. The lowest BCUT2D eigenvalue weighted by molar-refractivity contribution is -0.384. The molecule has 0 aliphatic heterocycles. The molecule has 0 aromatic heterocycles. The van der Waals surface area contributed by atoms with Gasteiger partial charge in [0, 0.05) is 23.9 Å². The molecule has 6 nitrogen and oxygen atoms in total. The third-order valence-corrected chi connectivity index (χ3v) is 4.21. The van der Waals surface area contributed by atoms with Crippen molar-refractivity contribution in [2.45, 2.75) is 45.1 Å². The molecule has 1 aliphatic rings. The molecular formula is C15H21N3O3. The van der Waals surface area contributed by atoms with Gasteiger partial charge in [-0.25, -0.2) is 0 Å². The zero-order valence-electron chi connectivity index (χ0n) is 12.2. The van der Waals surface area contributed by atoms with E-state index in [0.717, 1.165) is 12.8 Å². The topological polar surface area (TPSA) is 98.3 Å². The minimum absolute atomic E-state index is 0.0523. The molecular weight excluding hydrogens is 270 g/mol. The monoisotopic (exact) mass is 291 g/mol. The van der Waals surface area contributed by atoms with E-state index in [1.165, 1.54) is 37.5 Å². The first-order valence-corrected chi connectivity index (χ1v) is 7.34. The summed E-state index contributed by atoms with van der Waals surface area (Å²) in [6.07, 6.45) is 5.89. The van der Waals surface area contributed by atoms with Crippen LogP contribution in [0.2, 0.25) is 0 Å². The summed E-state index contributed by atoms with van der Waals surface area (Å²) in [6, 6.07) is 3.99. The Morgan fingerprint density at radius 2 is 2.05 bits per heavy atom. The first-order valence-electron chi connectivity index (χ1n) is 7.34. The van der Waals surface area contributed by atoms with E-state index in [1.54, 1.807) is 0 Å². The Morgan fingerprint density at radius 3 is 2.67 bits per heavy atom. The predicted octanol–water partition coefficient (Wildman–Crippen LogP) is 2.88. The number of nitrogens with zero attached hydrogens (tertiary/aromatic N) is 1. The van der Waals surface area contributed by atoms with Crippen LogP contribution in [-0.2, 0) is 0 Å². The summed E-state index contributed by atoms with van der Waals surface area (Å²) in [4.78, 5) is 22.5. The lowest BCUT2D eigenvalue weighted by atomic mass is 9.84. The van der Waals surface area contributed by atoms with Crippen LogP contribution in [0.1, 0.15) is 49.4 Å². The second-order valence-electron chi connectivity index (χ2n) is 5.69. The highest BCUT2D eigenvalue weighted by molar-refractivity contribution is 5.99. The summed E-state index contributed by atoms with van der Waals surface area (Å²) in [5.41, 5.74) is 6.07.